The first kappa shape index (κ1) is 24.6. The number of hydrogen-bond donors (Lipinski definition) is 5. The molecule has 1 aliphatic heterocycles. The van der Waals surface area contributed by atoms with E-state index in [9.17, 15) is 35.1 Å². The zero-order valence-corrected chi connectivity index (χ0v) is 16.0. The minimum absolute atomic E-state index is 0. The van der Waals surface area contributed by atoms with Crippen molar-refractivity contribution in [2.75, 3.05) is 6.61 Å². The average molecular weight is 389 g/mol. The zero-order valence-electron chi connectivity index (χ0n) is 16.0. The number of aliphatic hydroxyl groups excluding tert-OH is 4. The molecule has 1 aromatic rings. The van der Waals surface area contributed by atoms with Crippen LogP contribution in [0.25, 0.3) is 0 Å². The van der Waals surface area contributed by atoms with Gasteiger partial charge in [0.15, 0.2) is 0 Å². The molecule has 1 aliphatic rings. The van der Waals surface area contributed by atoms with Crippen molar-refractivity contribution in [3.05, 3.63) is 35.9 Å². The number of aliphatic hydroxyl groups is 4. The second-order valence-electron chi connectivity index (χ2n) is 6.88. The number of benzene rings is 1. The maximum Gasteiger partial charge on any atom is 1.00 e. The van der Waals surface area contributed by atoms with Gasteiger partial charge in [0, 0.05) is 5.56 Å². The molecule has 1 aromatic carbocycles. The minimum Gasteiger partial charge on any atom is -0.547 e. The summed E-state index contributed by atoms with van der Waals surface area (Å²) in [5.41, 5.74) is -2.06. The first-order valence-corrected chi connectivity index (χ1v) is 8.56. The summed E-state index contributed by atoms with van der Waals surface area (Å²) in [5, 5.41) is 54.2. The van der Waals surface area contributed by atoms with Crippen molar-refractivity contribution >= 4 is 11.9 Å². The summed E-state index contributed by atoms with van der Waals surface area (Å²) in [5.74, 6) is -3.31. The molecule has 0 aliphatic carbocycles. The van der Waals surface area contributed by atoms with E-state index in [1.54, 1.807) is 18.2 Å². The van der Waals surface area contributed by atoms with Crippen LogP contribution in [0.1, 0.15) is 24.2 Å². The van der Waals surface area contributed by atoms with Crippen molar-refractivity contribution in [1.29, 1.82) is 0 Å². The number of carbonyl (C=O) groups excluding carboxylic acids is 2. The van der Waals surface area contributed by atoms with E-state index in [0.29, 0.717) is 0 Å². The Morgan fingerprint density at radius 3 is 2.18 bits per heavy atom. The third-order valence-electron chi connectivity index (χ3n) is 4.95. The first-order valence-electron chi connectivity index (χ1n) is 8.56. The Labute approximate surface area is 174 Å². The fourth-order valence-corrected chi connectivity index (χ4v) is 3.27. The van der Waals surface area contributed by atoms with Crippen LogP contribution in [-0.4, -0.2) is 75.0 Å². The van der Waals surface area contributed by atoms with Crippen LogP contribution in [-0.2, 0) is 9.53 Å². The van der Waals surface area contributed by atoms with Gasteiger partial charge >= 0.3 is 18.9 Å². The van der Waals surface area contributed by atoms with Gasteiger partial charge in [0.25, 0.3) is 5.91 Å². The van der Waals surface area contributed by atoms with Crippen molar-refractivity contribution in [2.24, 2.45) is 5.92 Å². The van der Waals surface area contributed by atoms with E-state index in [4.69, 9.17) is 4.74 Å². The summed E-state index contributed by atoms with van der Waals surface area (Å²) in [6, 6.07) is 7.83. The van der Waals surface area contributed by atoms with Crippen molar-refractivity contribution in [3.8, 4) is 0 Å². The minimum atomic E-state index is -2.24. The Morgan fingerprint density at radius 1 is 1.14 bits per heavy atom. The van der Waals surface area contributed by atoms with Gasteiger partial charge in [0.2, 0.25) is 0 Å². The van der Waals surface area contributed by atoms with Crippen LogP contribution in [0.15, 0.2) is 30.3 Å². The normalized spacial score (nSPS) is 29.5. The molecule has 6 atom stereocenters. The van der Waals surface area contributed by atoms with Crippen LogP contribution >= 0.6 is 0 Å². The Bertz CT molecular complexity index is 671. The van der Waals surface area contributed by atoms with Gasteiger partial charge in [0.1, 0.15) is 36.1 Å². The SMILES string of the molecule is CC(C)[C@@](NC(=O)c1ccccc1)(C(=O)[O-])[C@H]1O[C@H](CO)[C@@H](O)[C@H](O)[C@@H]1O.[Li+]. The van der Waals surface area contributed by atoms with E-state index >= 15 is 0 Å². The van der Waals surface area contributed by atoms with Crippen LogP contribution in [0.2, 0.25) is 0 Å². The zero-order chi connectivity index (χ0) is 20.4. The van der Waals surface area contributed by atoms with Crippen LogP contribution < -0.4 is 29.3 Å². The molecule has 0 radical (unpaired) electrons. The monoisotopic (exact) mass is 389 g/mol. The molecule has 10 heteroatoms. The number of amides is 1. The molecule has 1 heterocycles. The third kappa shape index (κ3) is 4.42. The van der Waals surface area contributed by atoms with Crippen LogP contribution in [0.4, 0.5) is 0 Å². The predicted molar refractivity (Wildman–Crippen MR) is 90.3 cm³/mol. The summed E-state index contributed by atoms with van der Waals surface area (Å²) in [4.78, 5) is 24.7. The van der Waals surface area contributed by atoms with Gasteiger partial charge in [-0.3, -0.25) is 4.79 Å². The summed E-state index contributed by atoms with van der Waals surface area (Å²) < 4.78 is 5.41. The summed E-state index contributed by atoms with van der Waals surface area (Å²) >= 11 is 0. The van der Waals surface area contributed by atoms with Gasteiger partial charge in [-0.1, -0.05) is 32.0 Å². The number of carboxylic acid groups (broad SMARTS) is 1. The number of carboxylic acids is 1. The molecule has 5 N–H and O–H groups in total. The molecule has 1 amide bonds. The van der Waals surface area contributed by atoms with Crippen LogP contribution in [0.5, 0.6) is 0 Å². The van der Waals surface area contributed by atoms with Gasteiger partial charge < -0.3 is 40.4 Å². The van der Waals surface area contributed by atoms with Crippen molar-refractivity contribution in [3.63, 3.8) is 0 Å². The number of nitrogens with one attached hydrogen (secondary N) is 1. The second kappa shape index (κ2) is 9.85. The molecule has 1 saturated heterocycles. The topological polar surface area (TPSA) is 159 Å². The quantitative estimate of drug-likeness (QED) is 0.301. The largest absolute Gasteiger partial charge is 1.00 e. The average Bonchev–Trinajstić information content (AvgIpc) is 2.65. The molecule has 0 aromatic heterocycles. The summed E-state index contributed by atoms with van der Waals surface area (Å²) in [7, 11) is 0. The van der Waals surface area contributed by atoms with E-state index in [-0.39, 0.29) is 24.4 Å². The molecule has 0 bridgehead atoms. The van der Waals surface area contributed by atoms with E-state index in [0.717, 1.165) is 0 Å². The Kier molecular flexibility index (Phi) is 8.65. The van der Waals surface area contributed by atoms with Gasteiger partial charge in [-0.15, -0.1) is 0 Å². The van der Waals surface area contributed by atoms with Gasteiger partial charge in [-0.05, 0) is 18.1 Å². The molecule has 28 heavy (non-hydrogen) atoms. The summed E-state index contributed by atoms with van der Waals surface area (Å²) in [6.07, 6.45) is -8.28. The number of carbonyl (C=O) groups is 2. The van der Waals surface area contributed by atoms with Crippen molar-refractivity contribution < 1.29 is 58.7 Å². The Morgan fingerprint density at radius 2 is 1.71 bits per heavy atom. The van der Waals surface area contributed by atoms with Crippen molar-refractivity contribution in [1.82, 2.24) is 5.32 Å². The summed E-state index contributed by atoms with van der Waals surface area (Å²) in [6.45, 7) is 2.22. The predicted octanol–water partition coefficient (Wildman–Crippen LogP) is -5.59. The molecule has 1 fully saturated rings. The molecular formula is C18H24LiNO8. The number of rotatable bonds is 6. The molecule has 9 nitrogen and oxygen atoms in total. The maximum absolute atomic E-state index is 12.6. The standard InChI is InChI=1S/C18H25NO8.Li/c1-9(2)18(17(25)26,19-16(24)10-6-4-3-5-7-10)15-14(23)13(22)12(21)11(8-20)27-15;/h3-7,9,11-15,20-23H,8H2,1-2H3,(H,19,24)(H,25,26);/q;+1/p-1/t11-,12-,13+,14+,15+,18+;/m1./s1. The fraction of sp³-hybridized carbons (Fsp3) is 0.556. The maximum atomic E-state index is 12.6. The smallest absolute Gasteiger partial charge is 0.547 e. The number of hydrogen-bond acceptors (Lipinski definition) is 8. The van der Waals surface area contributed by atoms with Gasteiger partial charge in [-0.25, -0.2) is 0 Å². The molecule has 2 rings (SSSR count). The molecular weight excluding hydrogens is 365 g/mol. The van der Waals surface area contributed by atoms with E-state index < -0.39 is 60.5 Å². The Hall–Kier alpha value is -1.44. The van der Waals surface area contributed by atoms with E-state index in [2.05, 4.69) is 5.32 Å². The molecule has 0 spiro atoms. The fourth-order valence-electron chi connectivity index (χ4n) is 3.27. The molecule has 0 saturated carbocycles. The van der Waals surface area contributed by atoms with E-state index in [1.165, 1.54) is 26.0 Å². The van der Waals surface area contributed by atoms with Crippen molar-refractivity contribution in [2.45, 2.75) is 49.9 Å². The van der Waals surface area contributed by atoms with Gasteiger partial charge in [-0.2, -0.15) is 0 Å². The Balaban J connectivity index is 0.00000392. The van der Waals surface area contributed by atoms with Crippen LogP contribution in [0, 0.1) is 5.92 Å². The van der Waals surface area contributed by atoms with E-state index in [1.807, 2.05) is 0 Å². The molecule has 150 valence electrons. The third-order valence-corrected chi connectivity index (χ3v) is 4.95. The number of ether oxygens (including phenoxy) is 1. The second-order valence-corrected chi connectivity index (χ2v) is 6.88. The van der Waals surface area contributed by atoms with Gasteiger partial charge in [0.05, 0.1) is 12.6 Å². The van der Waals surface area contributed by atoms with Crippen LogP contribution in [0.3, 0.4) is 0 Å². The first-order chi connectivity index (χ1) is 12.7. The number of aliphatic carboxylic acids is 1. The molecule has 0 unspecified atom stereocenters.